The molecule has 1 saturated carbocycles. The molecule has 2 heteroatoms. The molecule has 0 aromatic rings. The van der Waals surface area contributed by atoms with Gasteiger partial charge in [-0.3, -0.25) is 0 Å². The van der Waals surface area contributed by atoms with E-state index in [1.807, 2.05) is 0 Å². The minimum absolute atomic E-state index is 0.427. The van der Waals surface area contributed by atoms with Crippen LogP contribution in [-0.2, 0) is 0 Å². The molecule has 1 rings (SSSR count). The van der Waals surface area contributed by atoms with Gasteiger partial charge in [0.05, 0.1) is 0 Å². The molecule has 2 unspecified atom stereocenters. The predicted octanol–water partition coefficient (Wildman–Crippen LogP) is 3.41. The molecule has 0 amide bonds. The van der Waals surface area contributed by atoms with Crippen molar-refractivity contribution in [3.8, 4) is 0 Å². The number of rotatable bonds is 6. The third kappa shape index (κ3) is 5.27. The SMILES string of the molecule is CC(C)C(CNCC1CCCCCC1N)C(C)C. The lowest BCUT2D eigenvalue weighted by Gasteiger charge is -2.27. The minimum Gasteiger partial charge on any atom is -0.327 e. The number of nitrogens with one attached hydrogen (secondary N) is 1. The molecule has 0 aliphatic heterocycles. The Balaban J connectivity index is 2.30. The van der Waals surface area contributed by atoms with Crippen molar-refractivity contribution >= 4 is 0 Å². The lowest BCUT2D eigenvalue weighted by atomic mass is 9.85. The lowest BCUT2D eigenvalue weighted by Crippen LogP contribution is -2.39. The van der Waals surface area contributed by atoms with Crippen molar-refractivity contribution in [1.29, 1.82) is 0 Å². The third-order valence-corrected chi connectivity index (χ3v) is 4.72. The molecular weight excluding hydrogens is 220 g/mol. The Morgan fingerprint density at radius 3 is 2.22 bits per heavy atom. The Kier molecular flexibility index (Phi) is 7.25. The highest BCUT2D eigenvalue weighted by Gasteiger charge is 2.21. The fraction of sp³-hybridized carbons (Fsp3) is 1.00. The third-order valence-electron chi connectivity index (χ3n) is 4.72. The number of hydrogen-bond donors (Lipinski definition) is 2. The molecule has 0 radical (unpaired) electrons. The van der Waals surface area contributed by atoms with Gasteiger partial charge in [0.2, 0.25) is 0 Å². The molecule has 18 heavy (non-hydrogen) atoms. The van der Waals surface area contributed by atoms with Gasteiger partial charge in [-0.25, -0.2) is 0 Å². The van der Waals surface area contributed by atoms with Gasteiger partial charge in [-0.15, -0.1) is 0 Å². The highest BCUT2D eigenvalue weighted by Crippen LogP contribution is 2.23. The van der Waals surface area contributed by atoms with Gasteiger partial charge in [0.15, 0.2) is 0 Å². The number of nitrogens with two attached hydrogens (primary N) is 1. The van der Waals surface area contributed by atoms with Crippen LogP contribution in [0.2, 0.25) is 0 Å². The van der Waals surface area contributed by atoms with E-state index in [-0.39, 0.29) is 0 Å². The summed E-state index contributed by atoms with van der Waals surface area (Å²) in [5, 5.41) is 3.70. The number of hydrogen-bond acceptors (Lipinski definition) is 2. The maximum Gasteiger partial charge on any atom is 0.00792 e. The van der Waals surface area contributed by atoms with Crippen molar-refractivity contribution in [2.45, 2.75) is 65.8 Å². The molecule has 0 spiro atoms. The van der Waals surface area contributed by atoms with Gasteiger partial charge in [-0.05, 0) is 49.6 Å². The topological polar surface area (TPSA) is 38.0 Å². The van der Waals surface area contributed by atoms with Gasteiger partial charge >= 0.3 is 0 Å². The molecule has 1 fully saturated rings. The van der Waals surface area contributed by atoms with Crippen molar-refractivity contribution < 1.29 is 0 Å². The van der Waals surface area contributed by atoms with Crippen molar-refractivity contribution in [2.24, 2.45) is 29.4 Å². The summed E-state index contributed by atoms with van der Waals surface area (Å²) in [5.41, 5.74) is 6.28. The molecule has 108 valence electrons. The molecule has 0 aromatic heterocycles. The Bertz CT molecular complexity index is 205. The summed E-state index contributed by atoms with van der Waals surface area (Å²) in [6.07, 6.45) is 6.63. The van der Waals surface area contributed by atoms with Gasteiger partial charge < -0.3 is 11.1 Å². The zero-order valence-electron chi connectivity index (χ0n) is 12.9. The molecule has 0 saturated heterocycles. The predicted molar refractivity (Wildman–Crippen MR) is 80.6 cm³/mol. The van der Waals surface area contributed by atoms with Gasteiger partial charge in [-0.2, -0.15) is 0 Å². The Labute approximate surface area is 114 Å². The van der Waals surface area contributed by atoms with E-state index in [9.17, 15) is 0 Å². The van der Waals surface area contributed by atoms with Gasteiger partial charge in [0.1, 0.15) is 0 Å². The van der Waals surface area contributed by atoms with Crippen LogP contribution in [0.4, 0.5) is 0 Å². The van der Waals surface area contributed by atoms with Crippen LogP contribution in [0.1, 0.15) is 59.8 Å². The molecule has 2 atom stereocenters. The first-order valence-electron chi connectivity index (χ1n) is 7.98. The Morgan fingerprint density at radius 1 is 1.00 bits per heavy atom. The van der Waals surface area contributed by atoms with Gasteiger partial charge in [0, 0.05) is 6.04 Å². The van der Waals surface area contributed by atoms with Crippen LogP contribution in [0.15, 0.2) is 0 Å². The van der Waals surface area contributed by atoms with E-state index in [4.69, 9.17) is 5.73 Å². The van der Waals surface area contributed by atoms with Crippen LogP contribution in [0, 0.1) is 23.7 Å². The fourth-order valence-corrected chi connectivity index (χ4v) is 3.34. The normalized spacial score (nSPS) is 26.0. The second-order valence-electron chi connectivity index (χ2n) is 6.87. The molecule has 2 nitrogen and oxygen atoms in total. The quantitative estimate of drug-likeness (QED) is 0.713. The lowest BCUT2D eigenvalue weighted by molar-refractivity contribution is 0.263. The second kappa shape index (κ2) is 8.16. The highest BCUT2D eigenvalue weighted by molar-refractivity contribution is 4.79. The summed E-state index contributed by atoms with van der Waals surface area (Å²) in [7, 11) is 0. The second-order valence-corrected chi connectivity index (χ2v) is 6.87. The summed E-state index contributed by atoms with van der Waals surface area (Å²) in [6.45, 7) is 11.6. The zero-order chi connectivity index (χ0) is 13.5. The van der Waals surface area contributed by atoms with Gasteiger partial charge in [0.25, 0.3) is 0 Å². The first-order chi connectivity index (χ1) is 8.52. The Morgan fingerprint density at radius 2 is 1.61 bits per heavy atom. The summed E-state index contributed by atoms with van der Waals surface area (Å²) in [6, 6.07) is 0.427. The van der Waals surface area contributed by atoms with Crippen LogP contribution in [0.3, 0.4) is 0 Å². The van der Waals surface area contributed by atoms with E-state index in [0.29, 0.717) is 12.0 Å². The zero-order valence-corrected chi connectivity index (χ0v) is 12.9. The van der Waals surface area contributed by atoms with Crippen LogP contribution in [0.5, 0.6) is 0 Å². The average Bonchev–Trinajstić information content (AvgIpc) is 2.49. The van der Waals surface area contributed by atoms with Crippen LogP contribution >= 0.6 is 0 Å². The van der Waals surface area contributed by atoms with E-state index in [1.54, 1.807) is 0 Å². The van der Waals surface area contributed by atoms with E-state index >= 15 is 0 Å². The highest BCUT2D eigenvalue weighted by atomic mass is 14.9. The largest absolute Gasteiger partial charge is 0.327 e. The van der Waals surface area contributed by atoms with Crippen molar-refractivity contribution in [2.75, 3.05) is 13.1 Å². The first kappa shape index (κ1) is 16.0. The monoisotopic (exact) mass is 254 g/mol. The summed E-state index contributed by atoms with van der Waals surface area (Å²) in [5.74, 6) is 3.01. The summed E-state index contributed by atoms with van der Waals surface area (Å²) in [4.78, 5) is 0. The van der Waals surface area contributed by atoms with Gasteiger partial charge in [-0.1, -0.05) is 47.0 Å². The molecule has 0 heterocycles. The van der Waals surface area contributed by atoms with Crippen molar-refractivity contribution in [3.63, 3.8) is 0 Å². The molecule has 0 aromatic carbocycles. The Hall–Kier alpha value is -0.0800. The summed E-state index contributed by atoms with van der Waals surface area (Å²) >= 11 is 0. The molecule has 3 N–H and O–H groups in total. The molecular formula is C16H34N2. The molecule has 1 aliphatic carbocycles. The first-order valence-corrected chi connectivity index (χ1v) is 7.98. The maximum atomic E-state index is 6.28. The van der Waals surface area contributed by atoms with Crippen molar-refractivity contribution in [1.82, 2.24) is 5.32 Å². The maximum absolute atomic E-state index is 6.28. The van der Waals surface area contributed by atoms with E-state index < -0.39 is 0 Å². The van der Waals surface area contributed by atoms with Crippen molar-refractivity contribution in [3.05, 3.63) is 0 Å². The van der Waals surface area contributed by atoms with Crippen LogP contribution in [-0.4, -0.2) is 19.1 Å². The van der Waals surface area contributed by atoms with E-state index in [2.05, 4.69) is 33.0 Å². The molecule has 0 bridgehead atoms. The average molecular weight is 254 g/mol. The summed E-state index contributed by atoms with van der Waals surface area (Å²) < 4.78 is 0. The molecule has 1 aliphatic rings. The van der Waals surface area contributed by atoms with E-state index in [0.717, 1.165) is 30.8 Å². The van der Waals surface area contributed by atoms with E-state index in [1.165, 1.54) is 32.1 Å². The smallest absolute Gasteiger partial charge is 0.00792 e. The van der Waals surface area contributed by atoms with Crippen LogP contribution in [0.25, 0.3) is 0 Å². The minimum atomic E-state index is 0.427. The standard InChI is InChI=1S/C16H34N2/c1-12(2)15(13(3)4)11-18-10-14-8-6-5-7-9-16(14)17/h12-16,18H,5-11,17H2,1-4H3. The fourth-order valence-electron chi connectivity index (χ4n) is 3.34. The van der Waals surface area contributed by atoms with Crippen LogP contribution < -0.4 is 11.1 Å².